The molecule has 1 aromatic carbocycles. The summed E-state index contributed by atoms with van der Waals surface area (Å²) in [5.74, 6) is -1.36. The quantitative estimate of drug-likeness (QED) is 0.507. The highest BCUT2D eigenvalue weighted by molar-refractivity contribution is 8.26. The summed E-state index contributed by atoms with van der Waals surface area (Å²) < 4.78 is 0.498. The van der Waals surface area contributed by atoms with Crippen LogP contribution in [0.2, 0.25) is 0 Å². The first-order valence-electron chi connectivity index (χ1n) is 8.36. The van der Waals surface area contributed by atoms with Gasteiger partial charge in [-0.15, -0.1) is 11.3 Å². The molecule has 1 fully saturated rings. The van der Waals surface area contributed by atoms with E-state index >= 15 is 0 Å². The Labute approximate surface area is 175 Å². The van der Waals surface area contributed by atoms with Crippen molar-refractivity contribution in [2.45, 2.75) is 12.8 Å². The van der Waals surface area contributed by atoms with Gasteiger partial charge in [0.15, 0.2) is 0 Å². The molecule has 9 heteroatoms. The van der Waals surface area contributed by atoms with Crippen LogP contribution in [0.1, 0.15) is 28.1 Å². The van der Waals surface area contributed by atoms with E-state index in [1.807, 2.05) is 23.6 Å². The molecule has 1 aromatic heterocycles. The van der Waals surface area contributed by atoms with Gasteiger partial charge in [-0.2, -0.15) is 0 Å². The highest BCUT2D eigenvalue weighted by atomic mass is 32.2. The zero-order chi connectivity index (χ0) is 20.1. The number of nitrogens with one attached hydrogen (secondary N) is 1. The summed E-state index contributed by atoms with van der Waals surface area (Å²) >= 11 is 8.11. The highest BCUT2D eigenvalue weighted by Gasteiger charge is 2.31. The van der Waals surface area contributed by atoms with Gasteiger partial charge in [0.1, 0.15) is 4.32 Å². The molecule has 2 amide bonds. The third kappa shape index (κ3) is 5.06. The van der Waals surface area contributed by atoms with Gasteiger partial charge >= 0.3 is 5.97 Å². The molecular formula is C19H16N2O4S3. The van der Waals surface area contributed by atoms with Crippen molar-refractivity contribution in [2.75, 3.05) is 11.9 Å². The maximum absolute atomic E-state index is 12.5. The first-order valence-corrected chi connectivity index (χ1v) is 10.5. The van der Waals surface area contributed by atoms with Crippen molar-refractivity contribution < 1.29 is 19.5 Å². The molecule has 144 valence electrons. The number of nitrogens with zero attached hydrogens (tertiary/aromatic N) is 1. The Morgan fingerprint density at radius 3 is 2.61 bits per heavy atom. The number of thioether (sulfide) groups is 1. The van der Waals surface area contributed by atoms with Crippen LogP contribution >= 0.6 is 35.3 Å². The van der Waals surface area contributed by atoms with Crippen LogP contribution in [0, 0.1) is 0 Å². The molecule has 0 spiro atoms. The van der Waals surface area contributed by atoms with Crippen LogP contribution < -0.4 is 5.32 Å². The lowest BCUT2D eigenvalue weighted by Gasteiger charge is -2.14. The Bertz CT molecular complexity index is 937. The number of hydrogen-bond acceptors (Lipinski definition) is 6. The van der Waals surface area contributed by atoms with Gasteiger partial charge in [-0.25, -0.2) is 4.79 Å². The first kappa shape index (κ1) is 20.2. The summed E-state index contributed by atoms with van der Waals surface area (Å²) in [5.41, 5.74) is 0.683. The maximum Gasteiger partial charge on any atom is 0.335 e. The van der Waals surface area contributed by atoms with Crippen molar-refractivity contribution in [2.24, 2.45) is 0 Å². The average molecular weight is 433 g/mol. The second-order valence-corrected chi connectivity index (χ2v) is 8.54. The van der Waals surface area contributed by atoms with Gasteiger partial charge in [0.25, 0.3) is 5.91 Å². The lowest BCUT2D eigenvalue weighted by Crippen LogP contribution is -2.29. The summed E-state index contributed by atoms with van der Waals surface area (Å²) in [6.45, 7) is 0.373. The van der Waals surface area contributed by atoms with Crippen molar-refractivity contribution in [1.29, 1.82) is 0 Å². The monoisotopic (exact) mass is 432 g/mol. The Morgan fingerprint density at radius 1 is 1.21 bits per heavy atom. The number of thiocarbonyl (C=S) groups is 1. The molecule has 2 N–H and O–H groups in total. The predicted octanol–water partition coefficient (Wildman–Crippen LogP) is 4.07. The fourth-order valence-electron chi connectivity index (χ4n) is 2.51. The number of carboxylic acid groups (broad SMARTS) is 1. The van der Waals surface area contributed by atoms with Crippen molar-refractivity contribution in [3.05, 3.63) is 57.1 Å². The molecule has 0 aliphatic carbocycles. The van der Waals surface area contributed by atoms with E-state index in [1.54, 1.807) is 23.5 Å². The molecule has 2 heterocycles. The molecule has 0 unspecified atom stereocenters. The molecule has 28 heavy (non-hydrogen) atoms. The molecule has 6 nitrogen and oxygen atoms in total. The van der Waals surface area contributed by atoms with E-state index in [9.17, 15) is 14.4 Å². The van der Waals surface area contributed by atoms with E-state index in [1.165, 1.54) is 28.8 Å². The molecule has 3 rings (SSSR count). The van der Waals surface area contributed by atoms with Crippen LogP contribution in [-0.2, 0) is 9.59 Å². The molecule has 1 aliphatic rings. The van der Waals surface area contributed by atoms with E-state index in [4.69, 9.17) is 17.3 Å². The summed E-state index contributed by atoms with van der Waals surface area (Å²) in [6.07, 6.45) is 2.52. The number of thiophene rings is 1. The smallest absolute Gasteiger partial charge is 0.335 e. The zero-order valence-corrected chi connectivity index (χ0v) is 17.0. The minimum atomic E-state index is -1.02. The van der Waals surface area contributed by atoms with Crippen LogP contribution in [-0.4, -0.2) is 38.7 Å². The SMILES string of the molecule is O=C(CCCN1C(=O)/C(=C/c2cccs2)SC1=S)Nc1ccc(C(=O)O)cc1. The van der Waals surface area contributed by atoms with Crippen molar-refractivity contribution >= 4 is 69.2 Å². The van der Waals surface area contributed by atoms with Crippen LogP contribution in [0.15, 0.2) is 46.7 Å². The Kier molecular flexibility index (Phi) is 6.61. The number of amides is 2. The van der Waals surface area contributed by atoms with Gasteiger partial charge in [-0.3, -0.25) is 14.5 Å². The third-order valence-electron chi connectivity index (χ3n) is 3.89. The molecule has 0 saturated carbocycles. The summed E-state index contributed by atoms with van der Waals surface area (Å²) in [4.78, 5) is 38.5. The van der Waals surface area contributed by atoms with Gasteiger partial charge < -0.3 is 10.4 Å². The van der Waals surface area contributed by atoms with Crippen molar-refractivity contribution in [3.63, 3.8) is 0 Å². The lowest BCUT2D eigenvalue weighted by molar-refractivity contribution is -0.122. The van der Waals surface area contributed by atoms with E-state index in [-0.39, 0.29) is 23.8 Å². The van der Waals surface area contributed by atoms with E-state index < -0.39 is 5.97 Å². The normalized spacial score (nSPS) is 15.3. The second kappa shape index (κ2) is 9.13. The molecule has 0 bridgehead atoms. The summed E-state index contributed by atoms with van der Waals surface area (Å²) in [6, 6.07) is 9.79. The van der Waals surface area contributed by atoms with E-state index in [2.05, 4.69) is 5.32 Å². The fraction of sp³-hybridized carbons (Fsp3) is 0.158. The van der Waals surface area contributed by atoms with Gasteiger partial charge in [-0.05, 0) is 48.2 Å². The van der Waals surface area contributed by atoms with E-state index in [0.717, 1.165) is 4.88 Å². The van der Waals surface area contributed by atoms with Gasteiger partial charge in [-0.1, -0.05) is 30.0 Å². The number of rotatable bonds is 7. The van der Waals surface area contributed by atoms with Gasteiger partial charge in [0.2, 0.25) is 5.91 Å². The number of anilines is 1. The number of carbonyl (C=O) groups excluding carboxylic acids is 2. The maximum atomic E-state index is 12.5. The van der Waals surface area contributed by atoms with Crippen molar-refractivity contribution in [1.82, 2.24) is 4.90 Å². The average Bonchev–Trinajstić information content (AvgIpc) is 3.26. The minimum Gasteiger partial charge on any atom is -0.478 e. The molecular weight excluding hydrogens is 416 g/mol. The Balaban J connectivity index is 1.49. The number of carboxylic acids is 1. The molecule has 1 aliphatic heterocycles. The topological polar surface area (TPSA) is 86.7 Å². The summed E-state index contributed by atoms with van der Waals surface area (Å²) in [5, 5.41) is 13.5. The first-order chi connectivity index (χ1) is 13.4. The highest BCUT2D eigenvalue weighted by Crippen LogP contribution is 2.33. The molecule has 1 saturated heterocycles. The molecule has 0 atom stereocenters. The van der Waals surface area contributed by atoms with Crippen LogP contribution in [0.5, 0.6) is 0 Å². The van der Waals surface area contributed by atoms with Crippen molar-refractivity contribution in [3.8, 4) is 0 Å². The zero-order valence-electron chi connectivity index (χ0n) is 14.6. The fourth-order valence-corrected chi connectivity index (χ4v) is 4.54. The number of hydrogen-bond donors (Lipinski definition) is 2. The molecule has 0 radical (unpaired) electrons. The van der Waals surface area contributed by atoms with Gasteiger partial charge in [0, 0.05) is 23.5 Å². The number of carbonyl (C=O) groups is 3. The Hall–Kier alpha value is -2.49. The molecule has 2 aromatic rings. The minimum absolute atomic E-state index is 0.131. The van der Waals surface area contributed by atoms with Crippen LogP contribution in [0.3, 0.4) is 0 Å². The standard InChI is InChI=1S/C19H16N2O4S3/c22-16(20-13-7-5-12(6-8-13)18(24)25)4-1-9-21-17(23)15(28-19(21)26)11-14-3-2-10-27-14/h2-3,5-8,10-11H,1,4,9H2,(H,20,22)(H,24,25)/b15-11-. The number of aromatic carboxylic acids is 1. The summed E-state index contributed by atoms with van der Waals surface area (Å²) in [7, 11) is 0. The largest absolute Gasteiger partial charge is 0.478 e. The van der Waals surface area contributed by atoms with Crippen LogP contribution in [0.25, 0.3) is 6.08 Å². The lowest BCUT2D eigenvalue weighted by atomic mass is 10.2. The second-order valence-electron chi connectivity index (χ2n) is 5.88. The number of benzene rings is 1. The third-order valence-corrected chi connectivity index (χ3v) is 6.09. The van der Waals surface area contributed by atoms with Crippen LogP contribution in [0.4, 0.5) is 5.69 Å². The van der Waals surface area contributed by atoms with Gasteiger partial charge in [0.05, 0.1) is 10.5 Å². The predicted molar refractivity (Wildman–Crippen MR) is 115 cm³/mol. The van der Waals surface area contributed by atoms with E-state index in [0.29, 0.717) is 27.9 Å². The Morgan fingerprint density at radius 2 is 1.96 bits per heavy atom.